The monoisotopic (exact) mass is 802 g/mol. The quantitative estimate of drug-likeness (QED) is 0.0955. The number of carbonyl (C=O) groups is 2. The number of nitrogens with one attached hydrogen (secondary N) is 2. The second kappa shape index (κ2) is 18.0. The van der Waals surface area contributed by atoms with Crippen LogP contribution in [0.15, 0.2) is 120 Å². The molecule has 4 aromatic carbocycles. The largest absolute Gasteiger partial charge is 0.497 e. The van der Waals surface area contributed by atoms with Gasteiger partial charge in [-0.05, 0) is 60.0 Å². The van der Waals surface area contributed by atoms with Gasteiger partial charge in [0, 0.05) is 23.9 Å². The highest BCUT2D eigenvalue weighted by atomic mass is 19.4. The average molecular weight is 803 g/mol. The molecular weight excluding hydrogens is 761 g/mol. The van der Waals surface area contributed by atoms with Gasteiger partial charge in [0.05, 0.1) is 27.4 Å². The van der Waals surface area contributed by atoms with Gasteiger partial charge in [-0.2, -0.15) is 18.2 Å². The Morgan fingerprint density at radius 1 is 0.845 bits per heavy atom. The number of rotatable bonds is 15. The molecule has 1 aliphatic rings. The van der Waals surface area contributed by atoms with E-state index in [0.717, 1.165) is 4.57 Å². The maximum absolute atomic E-state index is 13.6. The Balaban J connectivity index is 1.34. The van der Waals surface area contributed by atoms with Crippen LogP contribution in [-0.2, 0) is 24.6 Å². The summed E-state index contributed by atoms with van der Waals surface area (Å²) in [6.45, 7) is 0.227. The van der Waals surface area contributed by atoms with Gasteiger partial charge in [-0.15, -0.1) is 0 Å². The summed E-state index contributed by atoms with van der Waals surface area (Å²) in [5, 5.41) is 16.2. The third kappa shape index (κ3) is 9.05. The Morgan fingerprint density at radius 2 is 1.40 bits per heavy atom. The number of hydrogen-bond acceptors (Lipinski definition) is 10. The summed E-state index contributed by atoms with van der Waals surface area (Å²) in [5.74, 6) is -1.49. The molecule has 0 aliphatic carbocycles. The molecule has 13 nitrogen and oxygen atoms in total. The minimum absolute atomic E-state index is 0.0208. The van der Waals surface area contributed by atoms with E-state index in [4.69, 9.17) is 23.7 Å². The van der Waals surface area contributed by atoms with E-state index >= 15 is 0 Å². The zero-order chi connectivity index (χ0) is 41.5. The van der Waals surface area contributed by atoms with Crippen molar-refractivity contribution < 1.29 is 51.6 Å². The first-order chi connectivity index (χ1) is 27.8. The fraction of sp³-hybridized carbons (Fsp3) is 0.286. The van der Waals surface area contributed by atoms with E-state index < -0.39 is 67.0 Å². The molecule has 3 N–H and O–H groups in total. The molecule has 1 aromatic heterocycles. The number of carbonyl (C=O) groups excluding carboxylic acids is 2. The second-order valence-corrected chi connectivity index (χ2v) is 13.2. The van der Waals surface area contributed by atoms with E-state index in [1.165, 1.54) is 6.20 Å². The van der Waals surface area contributed by atoms with Crippen LogP contribution in [0.25, 0.3) is 0 Å². The van der Waals surface area contributed by atoms with Gasteiger partial charge in [-0.1, -0.05) is 72.8 Å². The Bertz CT molecular complexity index is 2170. The lowest BCUT2D eigenvalue weighted by Gasteiger charge is -2.37. The van der Waals surface area contributed by atoms with Crippen molar-refractivity contribution in [3.05, 3.63) is 154 Å². The van der Waals surface area contributed by atoms with E-state index in [1.54, 1.807) is 81.1 Å². The first kappa shape index (κ1) is 41.6. The number of aliphatic hydroxyl groups excluding tert-OH is 1. The number of aryl methyl sites for hydroxylation is 1. The lowest BCUT2D eigenvalue weighted by atomic mass is 9.80. The Kier molecular flexibility index (Phi) is 12.9. The van der Waals surface area contributed by atoms with Crippen molar-refractivity contribution >= 4 is 17.6 Å². The highest BCUT2D eigenvalue weighted by Gasteiger charge is 2.48. The van der Waals surface area contributed by atoms with Crippen molar-refractivity contribution in [2.45, 2.75) is 43.2 Å². The van der Waals surface area contributed by atoms with Gasteiger partial charge in [0.2, 0.25) is 0 Å². The number of ether oxygens (including phenoxy) is 5. The maximum Gasteiger partial charge on any atom is 0.471 e. The lowest BCUT2D eigenvalue weighted by molar-refractivity contribution is -0.174. The van der Waals surface area contributed by atoms with Crippen molar-refractivity contribution in [1.29, 1.82) is 0 Å². The first-order valence-electron chi connectivity index (χ1n) is 18.1. The van der Waals surface area contributed by atoms with Gasteiger partial charge in [0.25, 0.3) is 5.91 Å². The smallest absolute Gasteiger partial charge is 0.471 e. The predicted octanol–water partition coefficient (Wildman–Crippen LogP) is 5.15. The molecule has 6 rings (SSSR count). The molecule has 58 heavy (non-hydrogen) atoms. The summed E-state index contributed by atoms with van der Waals surface area (Å²) >= 11 is 0. The molecule has 304 valence electrons. The van der Waals surface area contributed by atoms with Crippen LogP contribution in [-0.4, -0.2) is 84.9 Å². The molecule has 0 radical (unpaired) electrons. The minimum Gasteiger partial charge on any atom is -0.497 e. The molecule has 0 bridgehead atoms. The Hall–Kier alpha value is -6.07. The topological polar surface area (TPSA) is 159 Å². The molecule has 1 aliphatic heterocycles. The van der Waals surface area contributed by atoms with Crippen molar-refractivity contribution in [3.63, 3.8) is 0 Å². The van der Waals surface area contributed by atoms with Crippen molar-refractivity contribution in [1.82, 2.24) is 14.9 Å². The fourth-order valence-corrected chi connectivity index (χ4v) is 6.65. The van der Waals surface area contributed by atoms with E-state index in [2.05, 4.69) is 10.3 Å². The fourth-order valence-electron chi connectivity index (χ4n) is 6.65. The predicted molar refractivity (Wildman–Crippen MR) is 205 cm³/mol. The zero-order valence-corrected chi connectivity index (χ0v) is 31.6. The number of aliphatic hydroxyl groups is 1. The van der Waals surface area contributed by atoms with Crippen LogP contribution in [0.5, 0.6) is 11.5 Å². The molecule has 2 amide bonds. The first-order valence-corrected chi connectivity index (χ1v) is 18.1. The number of aromatic nitrogens is 2. The summed E-state index contributed by atoms with van der Waals surface area (Å²) in [6, 6.07) is 32.2. The molecule has 16 heteroatoms. The molecule has 1 saturated heterocycles. The molecule has 0 saturated carbocycles. The Labute approximate surface area is 331 Å². The van der Waals surface area contributed by atoms with Gasteiger partial charge in [0.1, 0.15) is 41.2 Å². The summed E-state index contributed by atoms with van der Waals surface area (Å²) in [4.78, 5) is 42.0. The normalized spacial score (nSPS) is 18.1. The molecule has 2 heterocycles. The average Bonchev–Trinajstić information content (AvgIpc) is 3.55. The molecule has 0 unspecified atom stereocenters. The number of nitrogens with zero attached hydrogens (tertiary/aromatic N) is 2. The number of anilines is 1. The molecular formula is C42H41F3N4O9. The van der Waals surface area contributed by atoms with Crippen molar-refractivity contribution in [3.8, 4) is 11.5 Å². The van der Waals surface area contributed by atoms with Crippen molar-refractivity contribution in [2.75, 3.05) is 39.3 Å². The second-order valence-electron chi connectivity index (χ2n) is 13.2. The van der Waals surface area contributed by atoms with Crippen molar-refractivity contribution in [2.24, 2.45) is 0 Å². The lowest BCUT2D eigenvalue weighted by Crippen LogP contribution is -2.42. The SMILES string of the molecule is COc1ccc(C(OC[C@H]2O[C@@H](n3cc(C)c(NC(=O)c4ccccc4)nc3=O)[C@H](OCCNC(=O)C(F)(F)F)[C@@H]2O)(c2ccccc2)c2ccc(OC)cc2)cc1. The van der Waals surface area contributed by atoms with Gasteiger partial charge >= 0.3 is 17.8 Å². The molecule has 4 atom stereocenters. The summed E-state index contributed by atoms with van der Waals surface area (Å²) in [6.07, 6.45) is -9.21. The summed E-state index contributed by atoms with van der Waals surface area (Å²) in [7, 11) is 3.10. The van der Waals surface area contributed by atoms with Gasteiger partial charge in [-0.25, -0.2) is 4.79 Å². The van der Waals surface area contributed by atoms with Gasteiger partial charge < -0.3 is 39.4 Å². The zero-order valence-electron chi connectivity index (χ0n) is 31.6. The standard InChI is InChI=1S/C42H41F3N4O9/c1-26-24-49(40(53)48-36(26)47-37(51)27-10-6-4-7-11-27)38-35(56-23-22-46-39(52)42(43,44)45)34(50)33(58-38)25-57-41(28-12-8-5-9-13-28,29-14-18-31(54-2)19-15-29)30-16-20-32(55-3)21-17-30/h4-21,24,33-35,38,50H,22-23,25H2,1-3H3,(H,46,52)(H,47,48,51,53)/t33-,34-,35-,38-/m1/s1. The van der Waals surface area contributed by atoms with E-state index in [9.17, 15) is 32.7 Å². The van der Waals surface area contributed by atoms with E-state index in [1.807, 2.05) is 54.6 Å². The van der Waals surface area contributed by atoms with Crippen LogP contribution in [0.3, 0.4) is 0 Å². The van der Waals surface area contributed by atoms with E-state index in [0.29, 0.717) is 39.3 Å². The Morgan fingerprint density at radius 3 is 1.95 bits per heavy atom. The van der Waals surface area contributed by atoms with Crippen LogP contribution in [0.2, 0.25) is 0 Å². The highest BCUT2D eigenvalue weighted by Crippen LogP contribution is 2.43. The number of benzene rings is 4. The third-order valence-corrected chi connectivity index (χ3v) is 9.58. The molecule has 1 fully saturated rings. The number of halogens is 3. The third-order valence-electron chi connectivity index (χ3n) is 9.58. The molecule has 0 spiro atoms. The van der Waals surface area contributed by atoms with Crippen LogP contribution >= 0.6 is 0 Å². The number of alkyl halides is 3. The number of hydrogen-bond donors (Lipinski definition) is 3. The summed E-state index contributed by atoms with van der Waals surface area (Å²) < 4.78 is 69.7. The van der Waals surface area contributed by atoms with E-state index in [-0.39, 0.29) is 12.4 Å². The maximum atomic E-state index is 13.6. The number of methoxy groups -OCH3 is 2. The van der Waals surface area contributed by atoms with Crippen LogP contribution < -0.4 is 25.8 Å². The van der Waals surface area contributed by atoms with Crippen LogP contribution in [0.1, 0.15) is 38.8 Å². The number of amides is 2. The van der Waals surface area contributed by atoms with Crippen LogP contribution in [0.4, 0.5) is 19.0 Å². The minimum atomic E-state index is -5.12. The van der Waals surface area contributed by atoms with Crippen LogP contribution in [0, 0.1) is 6.92 Å². The molecule has 5 aromatic rings. The van der Waals surface area contributed by atoms with Gasteiger partial charge in [-0.3, -0.25) is 14.2 Å². The van der Waals surface area contributed by atoms with Gasteiger partial charge in [0.15, 0.2) is 6.23 Å². The highest BCUT2D eigenvalue weighted by molar-refractivity contribution is 6.04. The summed E-state index contributed by atoms with van der Waals surface area (Å²) in [5.41, 5.74) is 0.554.